The molecule has 0 atom stereocenters. The largest absolute Gasteiger partial charge is 0.491 e. The summed E-state index contributed by atoms with van der Waals surface area (Å²) < 4.78 is 11.2. The summed E-state index contributed by atoms with van der Waals surface area (Å²) in [5.74, 6) is 1.61. The van der Waals surface area contributed by atoms with E-state index in [0.29, 0.717) is 12.5 Å². The number of rotatable bonds is 9. The number of hydrogen-bond donors (Lipinski definition) is 1. The summed E-state index contributed by atoms with van der Waals surface area (Å²) in [6.07, 6.45) is 2.88. The second kappa shape index (κ2) is 9.05. The number of nitrogens with zero attached hydrogens (tertiary/aromatic N) is 1. The smallest absolute Gasteiger partial charge is 0.213 e. The van der Waals surface area contributed by atoms with Crippen molar-refractivity contribution in [3.05, 3.63) is 54.2 Å². The topological polar surface area (TPSA) is 43.4 Å². The van der Waals surface area contributed by atoms with E-state index in [1.165, 1.54) is 5.56 Å². The minimum atomic E-state index is 0.201. The highest BCUT2D eigenvalue weighted by molar-refractivity contribution is 5.28. The molecule has 0 aliphatic rings. The molecule has 118 valence electrons. The number of pyridine rings is 1. The Kier molecular flexibility index (Phi) is 6.71. The predicted octanol–water partition coefficient (Wildman–Crippen LogP) is 3.43. The Labute approximate surface area is 132 Å². The van der Waals surface area contributed by atoms with Gasteiger partial charge < -0.3 is 14.8 Å². The molecular weight excluding hydrogens is 276 g/mol. The van der Waals surface area contributed by atoms with Crippen LogP contribution in [0, 0.1) is 0 Å². The van der Waals surface area contributed by atoms with Gasteiger partial charge in [-0.3, -0.25) is 0 Å². The fourth-order valence-electron chi connectivity index (χ4n) is 2.04. The molecule has 0 unspecified atom stereocenters. The SMILES string of the molecule is CC(C)Oc1cccc(CNCCCOc2ccccn2)c1. The van der Waals surface area contributed by atoms with Crippen LogP contribution in [0.2, 0.25) is 0 Å². The van der Waals surface area contributed by atoms with Crippen molar-refractivity contribution in [2.75, 3.05) is 13.2 Å². The molecule has 2 rings (SSSR count). The van der Waals surface area contributed by atoms with Crippen LogP contribution in [0.1, 0.15) is 25.8 Å². The van der Waals surface area contributed by atoms with Crippen molar-refractivity contribution >= 4 is 0 Å². The maximum atomic E-state index is 5.69. The van der Waals surface area contributed by atoms with E-state index in [0.717, 1.165) is 25.3 Å². The first kappa shape index (κ1) is 16.3. The monoisotopic (exact) mass is 300 g/mol. The lowest BCUT2D eigenvalue weighted by atomic mass is 10.2. The van der Waals surface area contributed by atoms with Gasteiger partial charge in [0, 0.05) is 18.8 Å². The highest BCUT2D eigenvalue weighted by Gasteiger charge is 1.99. The molecular formula is C18H24N2O2. The number of ether oxygens (including phenoxy) is 2. The first-order valence-corrected chi connectivity index (χ1v) is 7.74. The summed E-state index contributed by atoms with van der Waals surface area (Å²) in [4.78, 5) is 4.12. The van der Waals surface area contributed by atoms with E-state index in [2.05, 4.69) is 22.4 Å². The molecule has 4 heteroatoms. The van der Waals surface area contributed by atoms with Gasteiger partial charge in [-0.05, 0) is 50.6 Å². The van der Waals surface area contributed by atoms with Crippen molar-refractivity contribution < 1.29 is 9.47 Å². The Bertz CT molecular complexity index is 544. The van der Waals surface area contributed by atoms with Gasteiger partial charge in [0.1, 0.15) is 5.75 Å². The zero-order valence-electron chi connectivity index (χ0n) is 13.3. The Morgan fingerprint density at radius 2 is 2.05 bits per heavy atom. The molecule has 0 saturated heterocycles. The first-order chi connectivity index (χ1) is 10.7. The molecule has 0 aliphatic heterocycles. The van der Waals surface area contributed by atoms with Crippen LogP contribution in [0.15, 0.2) is 48.7 Å². The summed E-state index contributed by atoms with van der Waals surface area (Å²) in [6, 6.07) is 13.9. The Morgan fingerprint density at radius 3 is 2.82 bits per heavy atom. The zero-order valence-corrected chi connectivity index (χ0v) is 13.3. The van der Waals surface area contributed by atoms with Crippen LogP contribution in [0.4, 0.5) is 0 Å². The molecule has 0 spiro atoms. The highest BCUT2D eigenvalue weighted by atomic mass is 16.5. The first-order valence-electron chi connectivity index (χ1n) is 7.74. The van der Waals surface area contributed by atoms with Crippen molar-refractivity contribution in [1.82, 2.24) is 10.3 Å². The molecule has 0 aliphatic carbocycles. The third-order valence-electron chi connectivity index (χ3n) is 2.98. The third kappa shape index (κ3) is 6.14. The molecule has 0 amide bonds. The normalized spacial score (nSPS) is 10.7. The molecule has 1 heterocycles. The molecule has 22 heavy (non-hydrogen) atoms. The van der Waals surface area contributed by atoms with E-state index in [4.69, 9.17) is 9.47 Å². The highest BCUT2D eigenvalue weighted by Crippen LogP contribution is 2.14. The lowest BCUT2D eigenvalue weighted by Crippen LogP contribution is -2.17. The Morgan fingerprint density at radius 1 is 1.14 bits per heavy atom. The van der Waals surface area contributed by atoms with E-state index < -0.39 is 0 Å². The molecule has 1 aromatic heterocycles. The zero-order chi connectivity index (χ0) is 15.6. The van der Waals surface area contributed by atoms with Crippen LogP contribution < -0.4 is 14.8 Å². The van der Waals surface area contributed by atoms with Gasteiger partial charge in [0.15, 0.2) is 0 Å². The summed E-state index contributed by atoms with van der Waals surface area (Å²) in [5, 5.41) is 3.41. The lowest BCUT2D eigenvalue weighted by molar-refractivity contribution is 0.242. The third-order valence-corrected chi connectivity index (χ3v) is 2.98. The molecule has 1 N–H and O–H groups in total. The van der Waals surface area contributed by atoms with Crippen LogP contribution in [0.25, 0.3) is 0 Å². The standard InChI is InChI=1S/C18H24N2O2/c1-15(2)22-17-8-5-7-16(13-17)14-19-10-6-12-21-18-9-3-4-11-20-18/h3-5,7-9,11,13,15,19H,6,10,12,14H2,1-2H3. The molecule has 0 saturated carbocycles. The van der Waals surface area contributed by atoms with Gasteiger partial charge >= 0.3 is 0 Å². The van der Waals surface area contributed by atoms with Gasteiger partial charge in [-0.1, -0.05) is 18.2 Å². The van der Waals surface area contributed by atoms with Crippen LogP contribution in [-0.2, 0) is 6.54 Å². The van der Waals surface area contributed by atoms with Crippen LogP contribution in [-0.4, -0.2) is 24.2 Å². The van der Waals surface area contributed by atoms with Crippen LogP contribution in [0.3, 0.4) is 0 Å². The Hall–Kier alpha value is -2.07. The van der Waals surface area contributed by atoms with E-state index in [9.17, 15) is 0 Å². The van der Waals surface area contributed by atoms with Crippen LogP contribution >= 0.6 is 0 Å². The summed E-state index contributed by atoms with van der Waals surface area (Å²) in [7, 11) is 0. The Balaban J connectivity index is 1.62. The quantitative estimate of drug-likeness (QED) is 0.721. The number of benzene rings is 1. The average Bonchev–Trinajstić information content (AvgIpc) is 2.51. The fraction of sp³-hybridized carbons (Fsp3) is 0.389. The van der Waals surface area contributed by atoms with E-state index in [1.807, 2.05) is 44.2 Å². The van der Waals surface area contributed by atoms with Gasteiger partial charge in [0.2, 0.25) is 5.88 Å². The van der Waals surface area contributed by atoms with Crippen molar-refractivity contribution in [2.45, 2.75) is 32.9 Å². The molecule has 0 fully saturated rings. The molecule has 0 radical (unpaired) electrons. The van der Waals surface area contributed by atoms with Crippen molar-refractivity contribution in [2.24, 2.45) is 0 Å². The number of aromatic nitrogens is 1. The number of nitrogens with one attached hydrogen (secondary N) is 1. The van der Waals surface area contributed by atoms with E-state index >= 15 is 0 Å². The second-order valence-electron chi connectivity index (χ2n) is 5.36. The molecule has 0 bridgehead atoms. The summed E-state index contributed by atoms with van der Waals surface area (Å²) in [6.45, 7) is 6.47. The second-order valence-corrected chi connectivity index (χ2v) is 5.36. The minimum absolute atomic E-state index is 0.201. The minimum Gasteiger partial charge on any atom is -0.491 e. The van der Waals surface area contributed by atoms with Gasteiger partial charge in [-0.25, -0.2) is 4.98 Å². The van der Waals surface area contributed by atoms with Crippen molar-refractivity contribution in [1.29, 1.82) is 0 Å². The van der Waals surface area contributed by atoms with E-state index in [1.54, 1.807) is 6.20 Å². The number of hydrogen-bond acceptors (Lipinski definition) is 4. The molecule has 2 aromatic rings. The van der Waals surface area contributed by atoms with Gasteiger partial charge in [0.25, 0.3) is 0 Å². The van der Waals surface area contributed by atoms with Crippen molar-refractivity contribution in [3.8, 4) is 11.6 Å². The summed E-state index contributed by atoms with van der Waals surface area (Å²) in [5.41, 5.74) is 1.23. The molecule has 4 nitrogen and oxygen atoms in total. The van der Waals surface area contributed by atoms with E-state index in [-0.39, 0.29) is 6.10 Å². The average molecular weight is 300 g/mol. The van der Waals surface area contributed by atoms with Crippen molar-refractivity contribution in [3.63, 3.8) is 0 Å². The van der Waals surface area contributed by atoms with Crippen LogP contribution in [0.5, 0.6) is 11.6 Å². The van der Waals surface area contributed by atoms with Gasteiger partial charge in [-0.2, -0.15) is 0 Å². The predicted molar refractivity (Wildman–Crippen MR) is 88.3 cm³/mol. The summed E-state index contributed by atoms with van der Waals surface area (Å²) >= 11 is 0. The molecule has 1 aromatic carbocycles. The maximum absolute atomic E-state index is 5.69. The maximum Gasteiger partial charge on any atom is 0.213 e. The van der Waals surface area contributed by atoms with Gasteiger partial charge in [-0.15, -0.1) is 0 Å². The van der Waals surface area contributed by atoms with Gasteiger partial charge in [0.05, 0.1) is 12.7 Å². The fourth-order valence-corrected chi connectivity index (χ4v) is 2.04. The lowest BCUT2D eigenvalue weighted by Gasteiger charge is -2.11.